The Morgan fingerprint density at radius 1 is 1.38 bits per heavy atom. The van der Waals surface area contributed by atoms with Crippen molar-refractivity contribution in [2.45, 2.75) is 33.2 Å². The fourth-order valence-electron chi connectivity index (χ4n) is 2.32. The second-order valence-corrected chi connectivity index (χ2v) is 6.78. The van der Waals surface area contributed by atoms with Crippen molar-refractivity contribution in [3.8, 4) is 0 Å². The molecule has 0 amide bonds. The first-order valence-corrected chi connectivity index (χ1v) is 6.97. The van der Waals surface area contributed by atoms with E-state index in [2.05, 4.69) is 57.3 Å². The molecule has 0 N–H and O–H groups in total. The summed E-state index contributed by atoms with van der Waals surface area (Å²) in [6.45, 7) is 10.7. The van der Waals surface area contributed by atoms with E-state index in [-0.39, 0.29) is 0 Å². The molecule has 1 aliphatic rings. The average Bonchev–Trinajstić information content (AvgIpc) is 2.60. The molecule has 0 radical (unpaired) electrons. The van der Waals surface area contributed by atoms with E-state index < -0.39 is 0 Å². The van der Waals surface area contributed by atoms with Gasteiger partial charge in [-0.2, -0.15) is 12.6 Å². The Labute approximate surface area is 107 Å². The first kappa shape index (κ1) is 14.3. The van der Waals surface area contributed by atoms with E-state index >= 15 is 0 Å². The summed E-state index contributed by atoms with van der Waals surface area (Å²) in [5.41, 5.74) is 0.373. The van der Waals surface area contributed by atoms with Crippen molar-refractivity contribution < 1.29 is 0 Å². The molecule has 0 aromatic heterocycles. The Bertz CT molecular complexity index is 210. The van der Waals surface area contributed by atoms with Gasteiger partial charge in [-0.15, -0.1) is 0 Å². The van der Waals surface area contributed by atoms with Crippen molar-refractivity contribution >= 4 is 12.6 Å². The quantitative estimate of drug-likeness (QED) is 0.758. The minimum Gasteiger partial charge on any atom is -0.305 e. The molecule has 1 rings (SSSR count). The predicted octanol–water partition coefficient (Wildman–Crippen LogP) is 2.21. The number of rotatable bonds is 4. The summed E-state index contributed by atoms with van der Waals surface area (Å²) in [5.74, 6) is 1.68. The highest BCUT2D eigenvalue weighted by molar-refractivity contribution is 7.80. The molecule has 1 aliphatic heterocycles. The molecule has 1 fully saturated rings. The number of likely N-dealkylation sites (N-methyl/N-ethyl adjacent to an activating group) is 1. The fraction of sp³-hybridized carbons (Fsp3) is 1.00. The molecule has 2 atom stereocenters. The fourth-order valence-corrected chi connectivity index (χ4v) is 2.98. The van der Waals surface area contributed by atoms with Gasteiger partial charge in [0.25, 0.3) is 0 Å². The number of hydrogen-bond acceptors (Lipinski definition) is 3. The van der Waals surface area contributed by atoms with Crippen molar-refractivity contribution in [1.29, 1.82) is 0 Å². The minimum absolute atomic E-state index is 0.373. The number of thiol groups is 1. The van der Waals surface area contributed by atoms with Gasteiger partial charge in [0.1, 0.15) is 0 Å². The average molecular weight is 244 g/mol. The standard InChI is InChI=1S/C13H28N2S/c1-13(2,3)11(10-16)8-15-7-6-12(9-15)14(4)5/h11-12,16H,6-10H2,1-5H3. The Balaban J connectivity index is 2.44. The highest BCUT2D eigenvalue weighted by Crippen LogP contribution is 2.29. The molecule has 1 saturated heterocycles. The number of hydrogen-bond donors (Lipinski definition) is 1. The summed E-state index contributed by atoms with van der Waals surface area (Å²) in [5, 5.41) is 0. The minimum atomic E-state index is 0.373. The van der Waals surface area contributed by atoms with Crippen molar-refractivity contribution in [3.63, 3.8) is 0 Å². The Morgan fingerprint density at radius 3 is 2.38 bits per heavy atom. The van der Waals surface area contributed by atoms with Gasteiger partial charge in [-0.25, -0.2) is 0 Å². The Kier molecular flexibility index (Phi) is 5.14. The van der Waals surface area contributed by atoms with E-state index in [0.717, 1.165) is 11.8 Å². The van der Waals surface area contributed by atoms with Crippen molar-refractivity contribution in [1.82, 2.24) is 9.80 Å². The second-order valence-electron chi connectivity index (χ2n) is 6.41. The molecular formula is C13H28N2S. The van der Waals surface area contributed by atoms with Gasteiger partial charge < -0.3 is 9.80 Å². The topological polar surface area (TPSA) is 6.48 Å². The zero-order valence-corrected chi connectivity index (χ0v) is 12.4. The van der Waals surface area contributed by atoms with Crippen LogP contribution in [0.15, 0.2) is 0 Å². The van der Waals surface area contributed by atoms with E-state index in [1.165, 1.54) is 26.1 Å². The van der Waals surface area contributed by atoms with Gasteiger partial charge >= 0.3 is 0 Å². The van der Waals surface area contributed by atoms with Crippen LogP contribution < -0.4 is 0 Å². The van der Waals surface area contributed by atoms with Crippen LogP contribution in [0.3, 0.4) is 0 Å². The summed E-state index contributed by atoms with van der Waals surface area (Å²) in [4.78, 5) is 4.96. The van der Waals surface area contributed by atoms with E-state index in [1.54, 1.807) is 0 Å². The zero-order valence-electron chi connectivity index (χ0n) is 11.5. The maximum atomic E-state index is 4.51. The van der Waals surface area contributed by atoms with Gasteiger partial charge in [-0.05, 0) is 44.1 Å². The van der Waals surface area contributed by atoms with Crippen LogP contribution in [0.1, 0.15) is 27.2 Å². The van der Waals surface area contributed by atoms with Crippen molar-refractivity contribution in [2.75, 3.05) is 39.5 Å². The molecule has 2 nitrogen and oxygen atoms in total. The summed E-state index contributed by atoms with van der Waals surface area (Å²) >= 11 is 4.51. The van der Waals surface area contributed by atoms with Crippen molar-refractivity contribution in [3.05, 3.63) is 0 Å². The van der Waals surface area contributed by atoms with Gasteiger partial charge in [0.2, 0.25) is 0 Å². The number of nitrogens with zero attached hydrogens (tertiary/aromatic N) is 2. The number of likely N-dealkylation sites (tertiary alicyclic amines) is 1. The molecule has 96 valence electrons. The second kappa shape index (κ2) is 5.74. The molecule has 0 aromatic rings. The van der Waals surface area contributed by atoms with Crippen LogP contribution in [0, 0.1) is 11.3 Å². The van der Waals surface area contributed by atoms with Gasteiger partial charge in [-0.3, -0.25) is 0 Å². The lowest BCUT2D eigenvalue weighted by molar-refractivity contribution is 0.177. The molecule has 0 aliphatic carbocycles. The maximum Gasteiger partial charge on any atom is 0.0229 e. The van der Waals surface area contributed by atoms with E-state index in [1.807, 2.05) is 0 Å². The van der Waals surface area contributed by atoms with Crippen LogP contribution >= 0.6 is 12.6 Å². The highest BCUT2D eigenvalue weighted by Gasteiger charge is 2.29. The van der Waals surface area contributed by atoms with Crippen LogP contribution in [0.5, 0.6) is 0 Å². The summed E-state index contributed by atoms with van der Waals surface area (Å²) in [7, 11) is 4.38. The molecule has 16 heavy (non-hydrogen) atoms. The van der Waals surface area contributed by atoms with E-state index in [4.69, 9.17) is 0 Å². The molecule has 2 unspecified atom stereocenters. The lowest BCUT2D eigenvalue weighted by Crippen LogP contribution is -2.37. The first-order valence-electron chi connectivity index (χ1n) is 6.34. The molecule has 0 saturated carbocycles. The van der Waals surface area contributed by atoms with Gasteiger partial charge in [-0.1, -0.05) is 20.8 Å². The highest BCUT2D eigenvalue weighted by atomic mass is 32.1. The zero-order chi connectivity index (χ0) is 12.3. The Hall–Kier alpha value is 0.270. The third-order valence-electron chi connectivity index (χ3n) is 3.90. The largest absolute Gasteiger partial charge is 0.305 e. The van der Waals surface area contributed by atoms with Gasteiger partial charge in [0.05, 0.1) is 0 Å². The Morgan fingerprint density at radius 2 is 2.00 bits per heavy atom. The first-order chi connectivity index (χ1) is 7.34. The third kappa shape index (κ3) is 3.94. The monoisotopic (exact) mass is 244 g/mol. The van der Waals surface area contributed by atoms with Gasteiger partial charge in [0.15, 0.2) is 0 Å². The summed E-state index contributed by atoms with van der Waals surface area (Å²) in [6.07, 6.45) is 1.32. The predicted molar refractivity (Wildman–Crippen MR) is 75.3 cm³/mol. The van der Waals surface area contributed by atoms with E-state index in [0.29, 0.717) is 11.3 Å². The molecular weight excluding hydrogens is 216 g/mol. The smallest absolute Gasteiger partial charge is 0.0229 e. The van der Waals surface area contributed by atoms with Crippen LogP contribution in [0.25, 0.3) is 0 Å². The maximum absolute atomic E-state index is 4.51. The van der Waals surface area contributed by atoms with Crippen LogP contribution in [-0.4, -0.2) is 55.3 Å². The lowest BCUT2D eigenvalue weighted by atomic mass is 9.81. The third-order valence-corrected chi connectivity index (χ3v) is 4.34. The molecule has 0 aromatic carbocycles. The summed E-state index contributed by atoms with van der Waals surface area (Å²) < 4.78 is 0. The van der Waals surface area contributed by atoms with Crippen LogP contribution in [0.2, 0.25) is 0 Å². The normalized spacial score (nSPS) is 25.3. The lowest BCUT2D eigenvalue weighted by Gasteiger charge is -2.33. The van der Waals surface area contributed by atoms with Crippen LogP contribution in [0.4, 0.5) is 0 Å². The summed E-state index contributed by atoms with van der Waals surface area (Å²) in [6, 6.07) is 0.750. The molecule has 3 heteroatoms. The van der Waals surface area contributed by atoms with Gasteiger partial charge in [0, 0.05) is 19.1 Å². The SMILES string of the molecule is CN(C)C1CCN(CC(CS)C(C)(C)C)C1. The van der Waals surface area contributed by atoms with Crippen molar-refractivity contribution in [2.24, 2.45) is 11.3 Å². The van der Waals surface area contributed by atoms with E-state index in [9.17, 15) is 0 Å². The molecule has 1 heterocycles. The van der Waals surface area contributed by atoms with Crippen LogP contribution in [-0.2, 0) is 0 Å². The molecule has 0 bridgehead atoms. The molecule has 0 spiro atoms.